The molecule has 0 aromatic carbocycles. The number of quaternary nitrogens is 2. The van der Waals surface area contributed by atoms with Gasteiger partial charge < -0.3 is 14.7 Å². The number of likely N-dealkylation sites (N-methyl/N-ethyl adjacent to an activating group) is 2. The van der Waals surface area contributed by atoms with E-state index in [0.717, 1.165) is 25.6 Å². The number of rotatable bonds is 7. The van der Waals surface area contributed by atoms with Gasteiger partial charge in [-0.05, 0) is 32.4 Å². The van der Waals surface area contributed by atoms with Gasteiger partial charge in [0.25, 0.3) is 0 Å². The minimum absolute atomic E-state index is 0.730. The van der Waals surface area contributed by atoms with Crippen molar-refractivity contribution in [2.75, 3.05) is 53.4 Å². The molecular weight excluding hydrogens is 284 g/mol. The van der Waals surface area contributed by atoms with E-state index in [1.165, 1.54) is 53.7 Å². The summed E-state index contributed by atoms with van der Waals surface area (Å²) >= 11 is 0. The molecule has 1 aliphatic rings. The van der Waals surface area contributed by atoms with Crippen molar-refractivity contribution in [1.29, 1.82) is 0 Å². The molecule has 0 amide bonds. The molecule has 1 fully saturated rings. The van der Waals surface area contributed by atoms with Crippen molar-refractivity contribution >= 4 is 0 Å². The van der Waals surface area contributed by atoms with Crippen LogP contribution in [0, 0.1) is 0 Å². The third-order valence-corrected chi connectivity index (χ3v) is 6.06. The molecule has 4 nitrogen and oxygen atoms in total. The summed E-state index contributed by atoms with van der Waals surface area (Å²) < 4.78 is 4.79. The molecule has 0 radical (unpaired) electrons. The number of nitrogens with two attached hydrogens (primary N) is 1. The second-order valence-electron chi connectivity index (χ2n) is 8.15. The first-order valence-electron chi connectivity index (χ1n) is 9.23. The predicted octanol–water partition coefficient (Wildman–Crippen LogP) is 1.18. The fourth-order valence-corrected chi connectivity index (χ4v) is 3.51. The minimum Gasteiger partial charge on any atom is -0.330 e. The van der Waals surface area contributed by atoms with Crippen molar-refractivity contribution in [3.63, 3.8) is 0 Å². The summed E-state index contributed by atoms with van der Waals surface area (Å²) in [5, 5.41) is 0. The van der Waals surface area contributed by atoms with Gasteiger partial charge in [0.1, 0.15) is 26.2 Å². The highest BCUT2D eigenvalue weighted by atomic mass is 15.5. The first-order valence-corrected chi connectivity index (χ1v) is 9.23. The number of aromatic nitrogens is 1. The number of pyridine rings is 1. The molecule has 0 saturated carbocycles. The summed E-state index contributed by atoms with van der Waals surface area (Å²) in [6.45, 7) is 13.1. The minimum atomic E-state index is 0.730. The molecule has 1 aromatic heterocycles. The number of hydrogen-bond donors (Lipinski definition) is 1. The third kappa shape index (κ3) is 5.00. The Kier molecular flexibility index (Phi) is 6.18. The van der Waals surface area contributed by atoms with Crippen LogP contribution in [0.2, 0.25) is 0 Å². The van der Waals surface area contributed by atoms with Gasteiger partial charge in [-0.1, -0.05) is 0 Å². The Morgan fingerprint density at radius 3 is 2.22 bits per heavy atom. The molecule has 0 spiro atoms. The molecule has 1 saturated heterocycles. The van der Waals surface area contributed by atoms with E-state index >= 15 is 0 Å². The summed E-state index contributed by atoms with van der Waals surface area (Å²) in [5.41, 5.74) is 6.94. The van der Waals surface area contributed by atoms with Gasteiger partial charge in [-0.3, -0.25) is 0 Å². The average molecular weight is 322 g/mol. The zero-order chi connectivity index (χ0) is 16.9. The van der Waals surface area contributed by atoms with Crippen molar-refractivity contribution in [2.24, 2.45) is 5.73 Å². The number of nitrogens with zero attached hydrogens (tertiary/aromatic N) is 3. The topological polar surface area (TPSA) is 29.9 Å². The van der Waals surface area contributed by atoms with Gasteiger partial charge in [0.15, 0.2) is 18.9 Å². The molecule has 0 atom stereocenters. The fourth-order valence-electron chi connectivity index (χ4n) is 3.51. The van der Waals surface area contributed by atoms with E-state index in [4.69, 9.17) is 5.73 Å². The maximum atomic E-state index is 5.60. The number of aryl methyl sites for hydroxylation is 1. The maximum Gasteiger partial charge on any atom is 0.169 e. The first-order chi connectivity index (χ1) is 10.9. The van der Waals surface area contributed by atoms with E-state index in [1.807, 2.05) is 0 Å². The van der Waals surface area contributed by atoms with Crippen molar-refractivity contribution < 1.29 is 13.5 Å². The summed E-state index contributed by atoms with van der Waals surface area (Å²) in [6.07, 6.45) is 6.63. The van der Waals surface area contributed by atoms with Crippen LogP contribution in [0.4, 0.5) is 0 Å². The quantitative estimate of drug-likeness (QED) is 0.593. The van der Waals surface area contributed by atoms with E-state index in [1.54, 1.807) is 0 Å². The van der Waals surface area contributed by atoms with Gasteiger partial charge in [0, 0.05) is 12.1 Å². The van der Waals surface area contributed by atoms with Gasteiger partial charge in [0.2, 0.25) is 0 Å². The van der Waals surface area contributed by atoms with E-state index in [9.17, 15) is 0 Å². The SMILES string of the molecule is CC(C)[N+]1(C)CC[N+](C)(CCC[n+]2ccc(CCN)cc2)CC1. The highest BCUT2D eigenvalue weighted by Gasteiger charge is 2.38. The third-order valence-electron chi connectivity index (χ3n) is 6.06. The number of piperazine rings is 1. The lowest BCUT2D eigenvalue weighted by molar-refractivity contribution is -1.02. The Hall–Kier alpha value is -0.970. The second-order valence-corrected chi connectivity index (χ2v) is 8.15. The molecule has 23 heavy (non-hydrogen) atoms. The predicted molar refractivity (Wildman–Crippen MR) is 95.9 cm³/mol. The molecule has 0 unspecified atom stereocenters. The van der Waals surface area contributed by atoms with Crippen molar-refractivity contribution in [3.05, 3.63) is 30.1 Å². The maximum absolute atomic E-state index is 5.60. The van der Waals surface area contributed by atoms with Gasteiger partial charge in [-0.15, -0.1) is 0 Å². The smallest absolute Gasteiger partial charge is 0.169 e. The van der Waals surface area contributed by atoms with Crippen LogP contribution >= 0.6 is 0 Å². The summed E-state index contributed by atoms with van der Waals surface area (Å²) in [6, 6.07) is 5.15. The van der Waals surface area contributed by atoms with Gasteiger partial charge >= 0.3 is 0 Å². The molecule has 2 rings (SSSR count). The zero-order valence-corrected chi connectivity index (χ0v) is 15.7. The van der Waals surface area contributed by atoms with Crippen LogP contribution in [-0.4, -0.2) is 68.4 Å². The monoisotopic (exact) mass is 321 g/mol. The molecule has 130 valence electrons. The van der Waals surface area contributed by atoms with Crippen LogP contribution in [0.5, 0.6) is 0 Å². The van der Waals surface area contributed by atoms with Crippen molar-refractivity contribution in [1.82, 2.24) is 0 Å². The molecule has 2 N–H and O–H groups in total. The van der Waals surface area contributed by atoms with E-state index < -0.39 is 0 Å². The molecule has 1 aromatic rings. The molecule has 2 heterocycles. The summed E-state index contributed by atoms with van der Waals surface area (Å²) in [5.74, 6) is 0. The Morgan fingerprint density at radius 1 is 1.09 bits per heavy atom. The Bertz CT molecular complexity index is 473. The highest BCUT2D eigenvalue weighted by Crippen LogP contribution is 2.19. The van der Waals surface area contributed by atoms with Crippen LogP contribution in [0.1, 0.15) is 25.8 Å². The van der Waals surface area contributed by atoms with Gasteiger partial charge in [0.05, 0.1) is 33.1 Å². The molecule has 4 heteroatoms. The first kappa shape index (κ1) is 18.4. The van der Waals surface area contributed by atoms with Gasteiger partial charge in [-0.25, -0.2) is 4.57 Å². The summed E-state index contributed by atoms with van der Waals surface area (Å²) in [4.78, 5) is 0. The lowest BCUT2D eigenvalue weighted by Gasteiger charge is -2.48. The Morgan fingerprint density at radius 2 is 1.70 bits per heavy atom. The lowest BCUT2D eigenvalue weighted by Crippen LogP contribution is -2.66. The van der Waals surface area contributed by atoms with Crippen molar-refractivity contribution in [2.45, 2.75) is 39.3 Å². The average Bonchev–Trinajstić information content (AvgIpc) is 2.53. The van der Waals surface area contributed by atoms with Crippen LogP contribution < -0.4 is 10.3 Å². The summed E-state index contributed by atoms with van der Waals surface area (Å²) in [7, 11) is 4.87. The van der Waals surface area contributed by atoms with Crippen molar-refractivity contribution in [3.8, 4) is 0 Å². The van der Waals surface area contributed by atoms with Crippen LogP contribution in [0.3, 0.4) is 0 Å². The molecule has 1 aliphatic heterocycles. The van der Waals surface area contributed by atoms with E-state index in [-0.39, 0.29) is 0 Å². The molecule has 0 bridgehead atoms. The highest BCUT2D eigenvalue weighted by molar-refractivity contribution is 5.07. The normalized spacial score (nSPS) is 28.3. The standard InChI is InChI=1S/C19H37N4/c1-18(2)23(4)16-14-22(3,15-17-23)13-5-10-21-11-7-19(6-9-20)8-12-21/h7-8,11-12,18H,5-6,9-10,13-17,20H2,1-4H3/q+3. The Labute approximate surface area is 142 Å². The van der Waals surface area contributed by atoms with Gasteiger partial charge in [-0.2, -0.15) is 0 Å². The number of hydrogen-bond acceptors (Lipinski definition) is 1. The van der Waals surface area contributed by atoms with E-state index in [2.05, 4.69) is 57.0 Å². The zero-order valence-electron chi connectivity index (χ0n) is 15.7. The van der Waals surface area contributed by atoms with Crippen LogP contribution in [0.15, 0.2) is 24.5 Å². The largest absolute Gasteiger partial charge is 0.330 e. The van der Waals surface area contributed by atoms with E-state index in [0.29, 0.717) is 0 Å². The van der Waals surface area contributed by atoms with Crippen LogP contribution in [0.25, 0.3) is 0 Å². The second kappa shape index (κ2) is 7.73. The Balaban J connectivity index is 1.77. The molecular formula is C19H37N4+3. The fraction of sp³-hybridized carbons (Fsp3) is 0.737. The molecule has 0 aliphatic carbocycles. The van der Waals surface area contributed by atoms with Crippen LogP contribution in [-0.2, 0) is 13.0 Å². The lowest BCUT2D eigenvalue weighted by atomic mass is 10.1.